The number of piperidine rings is 1. The Labute approximate surface area is 241 Å². The number of ether oxygens (including phenoxy) is 2. The Kier molecular flexibility index (Phi) is 8.54. The van der Waals surface area contributed by atoms with Gasteiger partial charge in [0.05, 0.1) is 13.2 Å². The second-order valence-electron chi connectivity index (χ2n) is 11.2. The van der Waals surface area contributed by atoms with Crippen molar-refractivity contribution in [1.82, 2.24) is 9.80 Å². The van der Waals surface area contributed by atoms with Gasteiger partial charge in [0.15, 0.2) is 5.60 Å². The third-order valence-electron chi connectivity index (χ3n) is 7.88. The van der Waals surface area contributed by atoms with Gasteiger partial charge in [0, 0.05) is 43.2 Å². The number of amides is 2. The zero-order chi connectivity index (χ0) is 29.0. The lowest BCUT2D eigenvalue weighted by molar-refractivity contribution is -0.149. The molecule has 2 heterocycles. The van der Waals surface area contributed by atoms with Gasteiger partial charge in [0.1, 0.15) is 11.6 Å². The van der Waals surface area contributed by atoms with Crippen LogP contribution in [-0.2, 0) is 9.53 Å². The number of morpholine rings is 1. The van der Waals surface area contributed by atoms with Crippen molar-refractivity contribution in [2.24, 2.45) is 0 Å². The van der Waals surface area contributed by atoms with E-state index in [1.807, 2.05) is 47.4 Å². The quantitative estimate of drug-likeness (QED) is 0.349. The van der Waals surface area contributed by atoms with E-state index in [-0.39, 0.29) is 23.5 Å². The summed E-state index contributed by atoms with van der Waals surface area (Å²) in [5.74, 6) is 0.404. The fraction of sp³-hybridized carbons (Fsp3) is 0.353. The molecule has 2 aliphatic rings. The molecule has 7 heteroatoms. The number of halogens is 1. The number of likely N-dealkylation sites (tertiary alicyclic amines) is 1. The summed E-state index contributed by atoms with van der Waals surface area (Å²) in [4.78, 5) is 30.4. The van der Waals surface area contributed by atoms with E-state index in [4.69, 9.17) is 9.47 Å². The highest BCUT2D eigenvalue weighted by molar-refractivity contribution is 5.95. The van der Waals surface area contributed by atoms with Crippen molar-refractivity contribution in [1.29, 1.82) is 0 Å². The van der Waals surface area contributed by atoms with Gasteiger partial charge in [-0.05, 0) is 79.8 Å². The van der Waals surface area contributed by atoms with Crippen LogP contribution in [0.25, 0.3) is 17.2 Å². The van der Waals surface area contributed by atoms with E-state index in [0.29, 0.717) is 56.3 Å². The van der Waals surface area contributed by atoms with E-state index in [1.165, 1.54) is 12.1 Å². The zero-order valence-electron chi connectivity index (χ0n) is 23.8. The molecule has 0 spiro atoms. The van der Waals surface area contributed by atoms with Crippen molar-refractivity contribution < 1.29 is 23.5 Å². The average Bonchev–Trinajstić information content (AvgIpc) is 3.01. The second kappa shape index (κ2) is 12.3. The minimum absolute atomic E-state index is 0.0211. The van der Waals surface area contributed by atoms with Crippen LogP contribution in [0.15, 0.2) is 73.3 Å². The highest BCUT2D eigenvalue weighted by Gasteiger charge is 2.35. The number of hydrogen-bond donors (Lipinski definition) is 0. The van der Waals surface area contributed by atoms with Crippen molar-refractivity contribution in [2.45, 2.75) is 38.2 Å². The van der Waals surface area contributed by atoms with Crippen LogP contribution in [0.3, 0.4) is 0 Å². The Bertz CT molecular complexity index is 1430. The van der Waals surface area contributed by atoms with Crippen LogP contribution in [-0.4, -0.2) is 66.6 Å². The van der Waals surface area contributed by atoms with E-state index in [2.05, 4.69) is 12.6 Å². The van der Waals surface area contributed by atoms with Crippen molar-refractivity contribution >= 4 is 17.9 Å². The molecule has 214 valence electrons. The van der Waals surface area contributed by atoms with Crippen LogP contribution in [0.5, 0.6) is 5.75 Å². The van der Waals surface area contributed by atoms with Gasteiger partial charge in [0.2, 0.25) is 0 Å². The first-order valence-electron chi connectivity index (χ1n) is 14.2. The van der Waals surface area contributed by atoms with Crippen LogP contribution in [0.2, 0.25) is 0 Å². The molecule has 3 aromatic carbocycles. The smallest absolute Gasteiger partial charge is 0.266 e. The van der Waals surface area contributed by atoms with Gasteiger partial charge >= 0.3 is 0 Å². The van der Waals surface area contributed by atoms with Crippen molar-refractivity contribution in [2.75, 3.05) is 39.4 Å². The summed E-state index contributed by atoms with van der Waals surface area (Å²) < 4.78 is 25.6. The van der Waals surface area contributed by atoms with Gasteiger partial charge in [-0.15, -0.1) is 0 Å². The molecule has 2 saturated heterocycles. The van der Waals surface area contributed by atoms with E-state index in [0.717, 1.165) is 29.5 Å². The molecule has 0 N–H and O–H groups in total. The van der Waals surface area contributed by atoms with Crippen molar-refractivity contribution in [3.05, 3.63) is 95.8 Å². The third-order valence-corrected chi connectivity index (χ3v) is 7.88. The maximum absolute atomic E-state index is 14.0. The Morgan fingerprint density at radius 3 is 2.51 bits per heavy atom. The molecule has 0 radical (unpaired) electrons. The Hall–Kier alpha value is -3.97. The minimum Gasteiger partial charge on any atom is -0.478 e. The maximum atomic E-state index is 14.0. The molecule has 0 aliphatic carbocycles. The van der Waals surface area contributed by atoms with E-state index in [9.17, 15) is 14.0 Å². The SMILES string of the molecule is C=Cc1cc(-c2cccc(C(=O)N3CCCC(c4cccc(OC(C)(C)C(=O)N5CCOCC5)c4)C3)c2)ccc1F. The lowest BCUT2D eigenvalue weighted by Gasteiger charge is -2.35. The summed E-state index contributed by atoms with van der Waals surface area (Å²) in [6, 6.07) is 20.3. The van der Waals surface area contributed by atoms with E-state index >= 15 is 0 Å². The largest absolute Gasteiger partial charge is 0.478 e. The number of rotatable bonds is 7. The third kappa shape index (κ3) is 6.51. The number of benzene rings is 3. The molecule has 2 amide bonds. The number of hydrogen-bond acceptors (Lipinski definition) is 4. The number of nitrogens with zero attached hydrogens (tertiary/aromatic N) is 2. The second-order valence-corrected chi connectivity index (χ2v) is 11.2. The van der Waals surface area contributed by atoms with Crippen LogP contribution >= 0.6 is 0 Å². The Balaban J connectivity index is 1.28. The van der Waals surface area contributed by atoms with Crippen LogP contribution < -0.4 is 4.74 Å². The van der Waals surface area contributed by atoms with Gasteiger partial charge in [-0.25, -0.2) is 4.39 Å². The molecular weight excluding hydrogens is 519 g/mol. The van der Waals surface area contributed by atoms with Crippen LogP contribution in [0.1, 0.15) is 54.1 Å². The summed E-state index contributed by atoms with van der Waals surface area (Å²) in [5, 5.41) is 0. The molecule has 3 aromatic rings. The fourth-order valence-corrected chi connectivity index (χ4v) is 5.65. The summed E-state index contributed by atoms with van der Waals surface area (Å²) in [5.41, 5.74) is 2.80. The van der Waals surface area contributed by atoms with Gasteiger partial charge in [-0.2, -0.15) is 0 Å². The predicted octanol–water partition coefficient (Wildman–Crippen LogP) is 6.17. The molecule has 1 atom stereocenters. The first-order chi connectivity index (χ1) is 19.7. The number of carbonyl (C=O) groups excluding carboxylic acids is 2. The fourth-order valence-electron chi connectivity index (χ4n) is 5.65. The summed E-state index contributed by atoms with van der Waals surface area (Å²) in [6.07, 6.45) is 3.34. The molecule has 0 bridgehead atoms. The summed E-state index contributed by atoms with van der Waals surface area (Å²) >= 11 is 0. The molecular formula is C34H37FN2O4. The van der Waals surface area contributed by atoms with Crippen LogP contribution in [0.4, 0.5) is 4.39 Å². The average molecular weight is 557 g/mol. The van der Waals surface area contributed by atoms with Gasteiger partial charge in [-0.3, -0.25) is 9.59 Å². The monoisotopic (exact) mass is 556 g/mol. The highest BCUT2D eigenvalue weighted by atomic mass is 19.1. The molecule has 2 aliphatic heterocycles. The lowest BCUT2D eigenvalue weighted by Crippen LogP contribution is -2.52. The van der Waals surface area contributed by atoms with Gasteiger partial charge in [-0.1, -0.05) is 43.0 Å². The van der Waals surface area contributed by atoms with E-state index < -0.39 is 5.60 Å². The highest BCUT2D eigenvalue weighted by Crippen LogP contribution is 2.32. The maximum Gasteiger partial charge on any atom is 0.266 e. The van der Waals surface area contributed by atoms with Crippen LogP contribution in [0, 0.1) is 5.82 Å². The predicted molar refractivity (Wildman–Crippen MR) is 158 cm³/mol. The molecule has 5 rings (SSSR count). The Morgan fingerprint density at radius 2 is 1.73 bits per heavy atom. The molecule has 6 nitrogen and oxygen atoms in total. The zero-order valence-corrected chi connectivity index (χ0v) is 23.8. The molecule has 0 saturated carbocycles. The Morgan fingerprint density at radius 1 is 0.976 bits per heavy atom. The number of carbonyl (C=O) groups is 2. The summed E-state index contributed by atoms with van der Waals surface area (Å²) in [6.45, 7) is 10.8. The standard InChI is InChI=1S/C34H37FN2O4/c1-4-24-20-27(13-14-31(24)35)25-8-5-10-28(21-25)32(38)37-15-7-11-29(23-37)26-9-6-12-30(22-26)41-34(2,3)33(39)36-16-18-40-19-17-36/h4-6,8-10,12-14,20-22,29H,1,7,11,15-19,23H2,2-3H3. The van der Waals surface area contributed by atoms with Gasteiger partial charge in [0.25, 0.3) is 11.8 Å². The first-order valence-corrected chi connectivity index (χ1v) is 14.2. The van der Waals surface area contributed by atoms with Crippen molar-refractivity contribution in [3.8, 4) is 16.9 Å². The minimum atomic E-state index is -1.01. The normalized spacial score (nSPS) is 17.7. The van der Waals surface area contributed by atoms with E-state index in [1.54, 1.807) is 30.9 Å². The topological polar surface area (TPSA) is 59.1 Å². The molecule has 2 fully saturated rings. The first kappa shape index (κ1) is 28.6. The molecule has 1 unspecified atom stereocenters. The summed E-state index contributed by atoms with van der Waals surface area (Å²) in [7, 11) is 0. The van der Waals surface area contributed by atoms with Gasteiger partial charge < -0.3 is 19.3 Å². The van der Waals surface area contributed by atoms with Crippen molar-refractivity contribution in [3.63, 3.8) is 0 Å². The lowest BCUT2D eigenvalue weighted by atomic mass is 9.90. The molecule has 0 aromatic heterocycles. The molecule has 41 heavy (non-hydrogen) atoms.